The number of carbonyl (C=O) groups excluding carboxylic acids is 3. The molecule has 1 N–H and O–H groups in total. The fourth-order valence-electron chi connectivity index (χ4n) is 6.13. The smallest absolute Gasteiger partial charge is 0.258 e. The number of allylic oxidation sites excluding steroid dienone is 1. The van der Waals surface area contributed by atoms with Crippen LogP contribution in [0.2, 0.25) is 0 Å². The third kappa shape index (κ3) is 14.4. The molecular weight excluding hydrogens is 613 g/mol. The molecule has 0 saturated heterocycles. The summed E-state index contributed by atoms with van der Waals surface area (Å²) >= 11 is 0. The maximum absolute atomic E-state index is 13.0. The van der Waals surface area contributed by atoms with Crippen LogP contribution >= 0.6 is 0 Å². The predicted octanol–water partition coefficient (Wildman–Crippen LogP) is 10.6. The maximum atomic E-state index is 13.0. The van der Waals surface area contributed by atoms with E-state index in [2.05, 4.69) is 17.4 Å². The highest BCUT2D eigenvalue weighted by Gasteiger charge is 2.21. The number of hydrogen-bond acceptors (Lipinski definition) is 4. The van der Waals surface area contributed by atoms with Crippen molar-refractivity contribution in [3.63, 3.8) is 0 Å². The average Bonchev–Trinajstić information content (AvgIpc) is 3.46. The molecule has 0 atom stereocenters. The molecule has 0 aromatic heterocycles. The Morgan fingerprint density at radius 3 is 1.69 bits per heavy atom. The molecule has 0 spiro atoms. The lowest BCUT2D eigenvalue weighted by molar-refractivity contribution is -0.123. The van der Waals surface area contributed by atoms with Crippen molar-refractivity contribution in [3.05, 3.63) is 113 Å². The van der Waals surface area contributed by atoms with Crippen molar-refractivity contribution in [1.82, 2.24) is 5.32 Å². The summed E-state index contributed by atoms with van der Waals surface area (Å²) in [5.74, 6) is -0.308. The number of hydrogen-bond donors (Lipinski definition) is 1. The number of aryl methyl sites for hydroxylation is 1. The summed E-state index contributed by atoms with van der Waals surface area (Å²) in [6.45, 7) is 0.722. The molecule has 0 fully saturated rings. The Balaban J connectivity index is 0.883. The van der Waals surface area contributed by atoms with Crippen LogP contribution in [0.25, 0.3) is 11.6 Å². The van der Waals surface area contributed by atoms with Crippen LogP contribution in [0.4, 0.5) is 4.39 Å². The largest absolute Gasteiger partial charge is 0.494 e. The summed E-state index contributed by atoms with van der Waals surface area (Å²) in [5, 5.41) is 2.30. The van der Waals surface area contributed by atoms with Crippen LogP contribution in [-0.2, 0) is 16.0 Å². The van der Waals surface area contributed by atoms with Crippen molar-refractivity contribution >= 4 is 29.2 Å². The normalized spacial score (nSPS) is 12.8. The Morgan fingerprint density at radius 1 is 0.633 bits per heavy atom. The van der Waals surface area contributed by atoms with E-state index in [0.717, 1.165) is 36.3 Å². The Bertz CT molecular complexity index is 1510. The van der Waals surface area contributed by atoms with Crippen LogP contribution in [0.1, 0.15) is 130 Å². The van der Waals surface area contributed by atoms with E-state index in [1.165, 1.54) is 138 Å². The van der Waals surface area contributed by atoms with Crippen LogP contribution < -0.4 is 10.1 Å². The number of amides is 2. The lowest BCUT2D eigenvalue weighted by Gasteiger charge is -2.07. The van der Waals surface area contributed by atoms with Gasteiger partial charge in [0, 0.05) is 11.6 Å². The van der Waals surface area contributed by atoms with E-state index < -0.39 is 0 Å². The number of unbranched alkanes of at least 4 members (excludes halogenated alkanes) is 15. The molecule has 1 heterocycles. The highest BCUT2D eigenvalue weighted by atomic mass is 19.1. The zero-order chi connectivity index (χ0) is 34.5. The third-order valence-corrected chi connectivity index (χ3v) is 9.09. The molecule has 6 heteroatoms. The molecule has 0 bridgehead atoms. The summed E-state index contributed by atoms with van der Waals surface area (Å²) in [5.41, 5.74) is 3.92. The Labute approximate surface area is 292 Å². The first-order chi connectivity index (χ1) is 24.0. The number of rotatable bonds is 24. The number of imide groups is 1. The van der Waals surface area contributed by atoms with E-state index in [9.17, 15) is 18.8 Å². The van der Waals surface area contributed by atoms with E-state index in [-0.39, 0.29) is 23.4 Å². The SMILES string of the molecule is O=C1C=C(c2ccc(CCCCCCCCCCCCCCCCCCOc3ccc(C=CC(=O)c4ccc(F)cc4)cc3)cc2)C(=O)N1. The van der Waals surface area contributed by atoms with E-state index in [0.29, 0.717) is 11.1 Å². The van der Waals surface area contributed by atoms with Gasteiger partial charge in [-0.3, -0.25) is 19.7 Å². The molecule has 1 aliphatic heterocycles. The molecule has 0 aliphatic carbocycles. The molecule has 3 aromatic rings. The minimum atomic E-state index is -0.351. The van der Waals surface area contributed by atoms with Crippen molar-refractivity contribution in [3.8, 4) is 5.75 Å². The van der Waals surface area contributed by atoms with Gasteiger partial charge in [0.05, 0.1) is 12.2 Å². The van der Waals surface area contributed by atoms with Gasteiger partial charge in [-0.05, 0) is 78.4 Å². The first-order valence-corrected chi connectivity index (χ1v) is 18.3. The fourth-order valence-corrected chi connectivity index (χ4v) is 6.13. The molecule has 49 heavy (non-hydrogen) atoms. The van der Waals surface area contributed by atoms with Crippen LogP contribution in [0.3, 0.4) is 0 Å². The average molecular weight is 666 g/mol. The van der Waals surface area contributed by atoms with Crippen LogP contribution in [0.5, 0.6) is 5.75 Å². The molecule has 260 valence electrons. The van der Waals surface area contributed by atoms with E-state index in [4.69, 9.17) is 4.74 Å². The number of nitrogens with one attached hydrogen (secondary N) is 1. The summed E-state index contributed by atoms with van der Waals surface area (Å²) in [6, 6.07) is 21.3. The van der Waals surface area contributed by atoms with Gasteiger partial charge in [-0.15, -0.1) is 0 Å². The highest BCUT2D eigenvalue weighted by molar-refractivity contribution is 6.33. The van der Waals surface area contributed by atoms with Gasteiger partial charge in [-0.2, -0.15) is 0 Å². The molecule has 4 rings (SSSR count). The van der Waals surface area contributed by atoms with Gasteiger partial charge in [0.1, 0.15) is 11.6 Å². The molecular formula is C43H52FNO4. The molecule has 0 radical (unpaired) electrons. The zero-order valence-corrected chi connectivity index (χ0v) is 28.9. The van der Waals surface area contributed by atoms with Crippen molar-refractivity contribution in [1.29, 1.82) is 0 Å². The molecule has 1 aliphatic rings. The first kappa shape index (κ1) is 37.5. The maximum Gasteiger partial charge on any atom is 0.258 e. The first-order valence-electron chi connectivity index (χ1n) is 18.3. The highest BCUT2D eigenvalue weighted by Crippen LogP contribution is 2.20. The van der Waals surface area contributed by atoms with Gasteiger partial charge in [0.2, 0.25) is 0 Å². The monoisotopic (exact) mass is 665 g/mol. The fraction of sp³-hybridized carbons (Fsp3) is 0.419. The van der Waals surface area contributed by atoms with Gasteiger partial charge >= 0.3 is 0 Å². The lowest BCUT2D eigenvalue weighted by Crippen LogP contribution is -2.21. The summed E-state index contributed by atoms with van der Waals surface area (Å²) in [4.78, 5) is 35.3. The van der Waals surface area contributed by atoms with Crippen molar-refractivity contribution in [2.24, 2.45) is 0 Å². The number of benzene rings is 3. The summed E-state index contributed by atoms with van der Waals surface area (Å²) in [6.07, 6.45) is 26.5. The zero-order valence-electron chi connectivity index (χ0n) is 28.9. The van der Waals surface area contributed by atoms with Gasteiger partial charge < -0.3 is 4.74 Å². The Kier molecular flexibility index (Phi) is 16.5. The Hall–Kier alpha value is -4.32. The van der Waals surface area contributed by atoms with Crippen molar-refractivity contribution < 1.29 is 23.5 Å². The second-order valence-electron chi connectivity index (χ2n) is 13.1. The molecule has 2 amide bonds. The molecule has 0 saturated carbocycles. The lowest BCUT2D eigenvalue weighted by atomic mass is 10.0. The van der Waals surface area contributed by atoms with Gasteiger partial charge in [-0.25, -0.2) is 4.39 Å². The van der Waals surface area contributed by atoms with Crippen LogP contribution in [0, 0.1) is 5.82 Å². The number of halogens is 1. The number of ether oxygens (including phenoxy) is 1. The van der Waals surface area contributed by atoms with E-state index >= 15 is 0 Å². The molecule has 3 aromatic carbocycles. The van der Waals surface area contributed by atoms with Gasteiger partial charge in [-0.1, -0.05) is 132 Å². The van der Waals surface area contributed by atoms with Gasteiger partial charge in [0.15, 0.2) is 5.78 Å². The predicted molar refractivity (Wildman–Crippen MR) is 197 cm³/mol. The summed E-state index contributed by atoms with van der Waals surface area (Å²) in [7, 11) is 0. The van der Waals surface area contributed by atoms with Crippen molar-refractivity contribution in [2.75, 3.05) is 6.61 Å². The summed E-state index contributed by atoms with van der Waals surface area (Å²) < 4.78 is 18.9. The third-order valence-electron chi connectivity index (χ3n) is 9.09. The van der Waals surface area contributed by atoms with E-state index in [1.54, 1.807) is 6.08 Å². The van der Waals surface area contributed by atoms with Gasteiger partial charge in [0.25, 0.3) is 11.8 Å². The standard InChI is InChI=1S/C43H52FNO4/c44-38-27-25-37(26-28-38)41(46)31-22-35-20-29-39(30-21-35)49-32-16-14-12-10-8-6-4-2-1-3-5-7-9-11-13-15-17-34-18-23-36(24-19-34)40-33-42(47)45-43(40)48/h18-31,33H,1-17,32H2,(H,45,47,48). The quantitative estimate of drug-likeness (QED) is 0.0447. The minimum Gasteiger partial charge on any atom is -0.494 e. The minimum absolute atomic E-state index is 0.151. The number of carbonyl (C=O) groups is 3. The second kappa shape index (κ2) is 21.6. The van der Waals surface area contributed by atoms with E-state index in [1.807, 2.05) is 36.4 Å². The second-order valence-corrected chi connectivity index (χ2v) is 13.1. The van der Waals surface area contributed by atoms with Crippen LogP contribution in [-0.4, -0.2) is 24.2 Å². The molecule has 0 unspecified atom stereocenters. The van der Waals surface area contributed by atoms with Crippen LogP contribution in [0.15, 0.2) is 84.9 Å². The van der Waals surface area contributed by atoms with Crippen molar-refractivity contribution in [2.45, 2.75) is 109 Å². The topological polar surface area (TPSA) is 72.5 Å². The number of ketones is 1. The Morgan fingerprint density at radius 2 is 1.16 bits per heavy atom. The molecule has 5 nitrogen and oxygen atoms in total.